The molecule has 3 nitrogen and oxygen atoms in total. The Morgan fingerprint density at radius 2 is 2.15 bits per heavy atom. The van der Waals surface area contributed by atoms with Gasteiger partial charge in [-0.1, -0.05) is 0 Å². The Labute approximate surface area is 75.4 Å². The molecule has 0 fully saturated rings. The Morgan fingerprint density at radius 3 is 2.92 bits per heavy atom. The van der Waals surface area contributed by atoms with Gasteiger partial charge in [0.05, 0.1) is 5.39 Å². The number of pyridine rings is 2. The molecule has 0 aromatic carbocycles. The van der Waals surface area contributed by atoms with Gasteiger partial charge in [-0.2, -0.15) is 0 Å². The van der Waals surface area contributed by atoms with Gasteiger partial charge in [-0.05, 0) is 25.5 Å². The molecule has 3 heteroatoms. The zero-order chi connectivity index (χ0) is 9.42. The Morgan fingerprint density at radius 1 is 1.38 bits per heavy atom. The lowest BCUT2D eigenvalue weighted by atomic mass is 10.1. The number of aryl methyl sites for hydroxylation is 2. The SMILES string of the molecule is Cc1ncc2cc[nH]c(=O)c2c1C. The lowest BCUT2D eigenvalue weighted by molar-refractivity contribution is 1.16. The fourth-order valence-corrected chi connectivity index (χ4v) is 1.43. The van der Waals surface area contributed by atoms with Crippen LogP contribution in [0, 0.1) is 13.8 Å². The van der Waals surface area contributed by atoms with Gasteiger partial charge in [-0.25, -0.2) is 0 Å². The second kappa shape index (κ2) is 2.69. The van der Waals surface area contributed by atoms with Crippen LogP contribution in [0.4, 0.5) is 0 Å². The van der Waals surface area contributed by atoms with Crippen LogP contribution in [-0.2, 0) is 0 Å². The Hall–Kier alpha value is -1.64. The number of hydrogen-bond acceptors (Lipinski definition) is 2. The monoisotopic (exact) mass is 174 g/mol. The van der Waals surface area contributed by atoms with Gasteiger partial charge < -0.3 is 4.98 Å². The number of nitrogens with one attached hydrogen (secondary N) is 1. The van der Waals surface area contributed by atoms with Crippen molar-refractivity contribution in [2.75, 3.05) is 0 Å². The first-order valence-corrected chi connectivity index (χ1v) is 4.14. The highest BCUT2D eigenvalue weighted by atomic mass is 16.1. The molecule has 0 saturated heterocycles. The summed E-state index contributed by atoms with van der Waals surface area (Å²) in [6.45, 7) is 3.82. The molecule has 0 atom stereocenters. The average molecular weight is 174 g/mol. The minimum Gasteiger partial charge on any atom is -0.329 e. The molecule has 0 aliphatic rings. The number of rotatable bonds is 0. The second-order valence-electron chi connectivity index (χ2n) is 3.11. The molecule has 2 heterocycles. The molecule has 2 rings (SSSR count). The third kappa shape index (κ3) is 1.13. The van der Waals surface area contributed by atoms with Crippen molar-refractivity contribution in [3.63, 3.8) is 0 Å². The molecule has 2 aromatic heterocycles. The minimum atomic E-state index is -0.0412. The van der Waals surface area contributed by atoms with E-state index in [1.807, 2.05) is 19.9 Å². The topological polar surface area (TPSA) is 45.8 Å². The standard InChI is InChI=1S/C10H10N2O/c1-6-7(2)12-5-8-3-4-11-10(13)9(6)8/h3-5H,1-2H3,(H,11,13). The first kappa shape index (κ1) is 7.98. The number of hydrogen-bond donors (Lipinski definition) is 1. The molecule has 0 saturated carbocycles. The van der Waals surface area contributed by atoms with Gasteiger partial charge in [0.2, 0.25) is 0 Å². The van der Waals surface area contributed by atoms with Crippen LogP contribution >= 0.6 is 0 Å². The molecular weight excluding hydrogens is 164 g/mol. The minimum absolute atomic E-state index is 0.0412. The Bertz CT molecular complexity index is 514. The van der Waals surface area contributed by atoms with E-state index in [2.05, 4.69) is 9.97 Å². The van der Waals surface area contributed by atoms with Gasteiger partial charge in [-0.3, -0.25) is 9.78 Å². The highest BCUT2D eigenvalue weighted by molar-refractivity contribution is 5.84. The van der Waals surface area contributed by atoms with Gasteiger partial charge in [0.1, 0.15) is 0 Å². The van der Waals surface area contributed by atoms with Gasteiger partial charge in [0, 0.05) is 23.5 Å². The smallest absolute Gasteiger partial charge is 0.256 e. The van der Waals surface area contributed by atoms with Crippen LogP contribution in [0.1, 0.15) is 11.3 Å². The Balaban J connectivity index is 3.06. The van der Waals surface area contributed by atoms with E-state index in [0.29, 0.717) is 0 Å². The molecule has 0 radical (unpaired) electrons. The third-order valence-corrected chi connectivity index (χ3v) is 2.31. The summed E-state index contributed by atoms with van der Waals surface area (Å²) in [5, 5.41) is 1.64. The maximum Gasteiger partial charge on any atom is 0.256 e. The van der Waals surface area contributed by atoms with Gasteiger partial charge in [0.15, 0.2) is 0 Å². The summed E-state index contributed by atoms with van der Waals surface area (Å²) in [4.78, 5) is 18.3. The average Bonchev–Trinajstić information content (AvgIpc) is 2.12. The van der Waals surface area contributed by atoms with Crippen LogP contribution in [0.25, 0.3) is 10.8 Å². The van der Waals surface area contributed by atoms with Crippen molar-refractivity contribution in [3.05, 3.63) is 40.1 Å². The van der Waals surface area contributed by atoms with Crippen molar-refractivity contribution in [2.45, 2.75) is 13.8 Å². The summed E-state index contributed by atoms with van der Waals surface area (Å²) >= 11 is 0. The van der Waals surface area contributed by atoms with Crippen LogP contribution in [0.2, 0.25) is 0 Å². The van der Waals surface area contributed by atoms with E-state index in [-0.39, 0.29) is 5.56 Å². The maximum atomic E-state index is 11.5. The molecular formula is C10H10N2O. The summed E-state index contributed by atoms with van der Waals surface area (Å²) in [6, 6.07) is 1.86. The summed E-state index contributed by atoms with van der Waals surface area (Å²) < 4.78 is 0. The van der Waals surface area contributed by atoms with Crippen molar-refractivity contribution in [2.24, 2.45) is 0 Å². The highest BCUT2D eigenvalue weighted by Crippen LogP contribution is 2.14. The summed E-state index contributed by atoms with van der Waals surface area (Å²) in [5.41, 5.74) is 1.82. The largest absolute Gasteiger partial charge is 0.329 e. The highest BCUT2D eigenvalue weighted by Gasteiger charge is 2.03. The fraction of sp³-hybridized carbons (Fsp3) is 0.200. The van der Waals surface area contributed by atoms with Crippen LogP contribution < -0.4 is 5.56 Å². The van der Waals surface area contributed by atoms with Crippen molar-refractivity contribution in [3.8, 4) is 0 Å². The molecule has 0 amide bonds. The summed E-state index contributed by atoms with van der Waals surface area (Å²) in [5.74, 6) is 0. The summed E-state index contributed by atoms with van der Waals surface area (Å²) in [6.07, 6.45) is 3.37. The molecule has 0 unspecified atom stereocenters. The molecule has 2 aromatic rings. The van der Waals surface area contributed by atoms with Crippen LogP contribution in [0.15, 0.2) is 23.3 Å². The van der Waals surface area contributed by atoms with Crippen molar-refractivity contribution >= 4 is 10.8 Å². The zero-order valence-electron chi connectivity index (χ0n) is 7.59. The quantitative estimate of drug-likeness (QED) is 0.658. The van der Waals surface area contributed by atoms with E-state index >= 15 is 0 Å². The zero-order valence-corrected chi connectivity index (χ0v) is 7.59. The first-order valence-electron chi connectivity index (χ1n) is 4.14. The molecule has 0 bridgehead atoms. The van der Waals surface area contributed by atoms with Gasteiger partial charge in [-0.15, -0.1) is 0 Å². The van der Waals surface area contributed by atoms with E-state index < -0.39 is 0 Å². The van der Waals surface area contributed by atoms with Crippen molar-refractivity contribution in [1.29, 1.82) is 0 Å². The second-order valence-corrected chi connectivity index (χ2v) is 3.11. The summed E-state index contributed by atoms with van der Waals surface area (Å²) in [7, 11) is 0. The van der Waals surface area contributed by atoms with E-state index in [1.165, 1.54) is 0 Å². The van der Waals surface area contributed by atoms with Gasteiger partial charge >= 0.3 is 0 Å². The number of nitrogens with zero attached hydrogens (tertiary/aromatic N) is 1. The molecule has 1 N–H and O–H groups in total. The number of fused-ring (bicyclic) bond motifs is 1. The Kier molecular flexibility index (Phi) is 1.65. The van der Waals surface area contributed by atoms with Crippen LogP contribution in [-0.4, -0.2) is 9.97 Å². The predicted molar refractivity (Wildman–Crippen MR) is 51.8 cm³/mol. The number of H-pyrrole nitrogens is 1. The van der Waals surface area contributed by atoms with Crippen molar-refractivity contribution in [1.82, 2.24) is 9.97 Å². The lowest BCUT2D eigenvalue weighted by Crippen LogP contribution is -2.07. The van der Waals surface area contributed by atoms with E-state index in [4.69, 9.17) is 0 Å². The molecule has 0 aliphatic heterocycles. The fourth-order valence-electron chi connectivity index (χ4n) is 1.43. The first-order chi connectivity index (χ1) is 6.20. The number of aromatic amines is 1. The van der Waals surface area contributed by atoms with Crippen LogP contribution in [0.3, 0.4) is 0 Å². The molecule has 13 heavy (non-hydrogen) atoms. The maximum absolute atomic E-state index is 11.5. The van der Waals surface area contributed by atoms with E-state index in [1.54, 1.807) is 12.4 Å². The van der Waals surface area contributed by atoms with E-state index in [9.17, 15) is 4.79 Å². The normalized spacial score (nSPS) is 10.6. The molecule has 0 aliphatic carbocycles. The predicted octanol–water partition coefficient (Wildman–Crippen LogP) is 1.54. The van der Waals surface area contributed by atoms with Crippen molar-refractivity contribution < 1.29 is 0 Å². The van der Waals surface area contributed by atoms with Crippen LogP contribution in [0.5, 0.6) is 0 Å². The lowest BCUT2D eigenvalue weighted by Gasteiger charge is -2.02. The number of aromatic nitrogens is 2. The van der Waals surface area contributed by atoms with E-state index in [0.717, 1.165) is 22.0 Å². The molecule has 0 spiro atoms. The third-order valence-electron chi connectivity index (χ3n) is 2.31. The van der Waals surface area contributed by atoms with Gasteiger partial charge in [0.25, 0.3) is 5.56 Å². The molecule has 66 valence electrons.